The molecule has 166 valence electrons. The summed E-state index contributed by atoms with van der Waals surface area (Å²) in [5.41, 5.74) is 3.48. The highest BCUT2D eigenvalue weighted by Gasteiger charge is 2.12. The molecule has 0 aliphatic heterocycles. The van der Waals surface area contributed by atoms with Crippen molar-refractivity contribution in [2.24, 2.45) is 7.05 Å². The summed E-state index contributed by atoms with van der Waals surface area (Å²) in [7, 11) is 1.99. The smallest absolute Gasteiger partial charge is 0.191 e. The van der Waals surface area contributed by atoms with Gasteiger partial charge in [0, 0.05) is 35.2 Å². The van der Waals surface area contributed by atoms with Crippen molar-refractivity contribution in [3.8, 4) is 16.3 Å². The fourth-order valence-corrected chi connectivity index (χ4v) is 5.44. The fourth-order valence-electron chi connectivity index (χ4n) is 3.14. The van der Waals surface area contributed by atoms with Crippen LogP contribution in [-0.4, -0.2) is 26.4 Å². The van der Waals surface area contributed by atoms with E-state index in [1.807, 2.05) is 23.7 Å². The molecule has 32 heavy (non-hydrogen) atoms. The lowest BCUT2D eigenvalue weighted by Crippen LogP contribution is -2.04. The summed E-state index contributed by atoms with van der Waals surface area (Å²) in [5, 5.41) is 13.8. The van der Waals surface area contributed by atoms with Crippen molar-refractivity contribution in [2.75, 3.05) is 6.61 Å². The van der Waals surface area contributed by atoms with Crippen LogP contribution < -0.4 is 4.74 Å². The molecule has 0 saturated heterocycles. The van der Waals surface area contributed by atoms with Gasteiger partial charge in [0.1, 0.15) is 16.6 Å². The van der Waals surface area contributed by atoms with Gasteiger partial charge < -0.3 is 9.30 Å². The maximum absolute atomic E-state index is 6.14. The molecule has 9 heteroatoms. The molecular formula is C23H22Cl2N4OS2. The average Bonchev–Trinajstić information content (AvgIpc) is 3.38. The Morgan fingerprint density at radius 1 is 1.12 bits per heavy atom. The molecule has 0 saturated carbocycles. The largest absolute Gasteiger partial charge is 0.492 e. The van der Waals surface area contributed by atoms with Gasteiger partial charge in [0.25, 0.3) is 0 Å². The fraction of sp³-hybridized carbons (Fsp3) is 0.261. The molecule has 5 nitrogen and oxygen atoms in total. The number of hydrogen-bond acceptors (Lipinski definition) is 6. The monoisotopic (exact) mass is 504 g/mol. The molecule has 0 amide bonds. The maximum atomic E-state index is 6.14. The van der Waals surface area contributed by atoms with Crippen molar-refractivity contribution in [1.29, 1.82) is 0 Å². The molecule has 0 aliphatic rings. The summed E-state index contributed by atoms with van der Waals surface area (Å²) >= 11 is 15.4. The van der Waals surface area contributed by atoms with Gasteiger partial charge in [-0.3, -0.25) is 0 Å². The van der Waals surface area contributed by atoms with E-state index in [-0.39, 0.29) is 0 Å². The summed E-state index contributed by atoms with van der Waals surface area (Å²) in [4.78, 5) is 4.80. The predicted molar refractivity (Wildman–Crippen MR) is 133 cm³/mol. The topological polar surface area (TPSA) is 52.8 Å². The van der Waals surface area contributed by atoms with E-state index in [9.17, 15) is 0 Å². The zero-order valence-electron chi connectivity index (χ0n) is 17.7. The Morgan fingerprint density at radius 3 is 2.78 bits per heavy atom. The van der Waals surface area contributed by atoms with Gasteiger partial charge in [-0.25, -0.2) is 4.98 Å². The van der Waals surface area contributed by atoms with Crippen molar-refractivity contribution in [1.82, 2.24) is 19.7 Å². The number of ether oxygens (including phenoxy) is 1. The number of aryl methyl sites for hydroxylation is 2. The Kier molecular flexibility index (Phi) is 7.73. The first-order chi connectivity index (χ1) is 15.5. The highest BCUT2D eigenvalue weighted by Crippen LogP contribution is 2.30. The first-order valence-corrected chi connectivity index (χ1v) is 12.7. The van der Waals surface area contributed by atoms with E-state index in [2.05, 4.69) is 34.6 Å². The third-order valence-electron chi connectivity index (χ3n) is 4.90. The Balaban J connectivity index is 1.28. The van der Waals surface area contributed by atoms with Gasteiger partial charge in [0.2, 0.25) is 0 Å². The quantitative estimate of drug-likeness (QED) is 0.184. The van der Waals surface area contributed by atoms with E-state index in [0.29, 0.717) is 22.4 Å². The second-order valence-corrected chi connectivity index (χ2v) is 9.88. The number of benzene rings is 2. The summed E-state index contributed by atoms with van der Waals surface area (Å²) in [5.74, 6) is 2.32. The molecule has 2 aromatic heterocycles. The van der Waals surface area contributed by atoms with Gasteiger partial charge in [-0.15, -0.1) is 21.5 Å². The van der Waals surface area contributed by atoms with Crippen LogP contribution in [0.2, 0.25) is 10.0 Å². The van der Waals surface area contributed by atoms with Crippen LogP contribution in [0.15, 0.2) is 53.0 Å². The highest BCUT2D eigenvalue weighted by molar-refractivity contribution is 7.98. The molecular weight excluding hydrogens is 483 g/mol. The van der Waals surface area contributed by atoms with Crippen LogP contribution in [0, 0.1) is 6.92 Å². The number of thiazole rings is 1. The van der Waals surface area contributed by atoms with Gasteiger partial charge in [-0.05, 0) is 37.1 Å². The normalized spacial score (nSPS) is 11.1. The summed E-state index contributed by atoms with van der Waals surface area (Å²) in [6.45, 7) is 2.65. The van der Waals surface area contributed by atoms with Crippen LogP contribution in [0.25, 0.3) is 10.6 Å². The second-order valence-electron chi connectivity index (χ2n) is 7.23. The van der Waals surface area contributed by atoms with Crippen molar-refractivity contribution < 1.29 is 4.74 Å². The molecule has 0 aliphatic carbocycles. The Morgan fingerprint density at radius 2 is 1.97 bits per heavy atom. The Labute approximate surface area is 205 Å². The lowest BCUT2D eigenvalue weighted by Gasteiger charge is -2.08. The zero-order chi connectivity index (χ0) is 22.5. The molecule has 4 aromatic rings. The molecule has 0 spiro atoms. The first kappa shape index (κ1) is 23.1. The van der Waals surface area contributed by atoms with Gasteiger partial charge in [-0.2, -0.15) is 0 Å². The lowest BCUT2D eigenvalue weighted by atomic mass is 10.1. The van der Waals surface area contributed by atoms with E-state index in [1.54, 1.807) is 41.3 Å². The number of halogens is 2. The van der Waals surface area contributed by atoms with E-state index in [4.69, 9.17) is 32.9 Å². The minimum Gasteiger partial charge on any atom is -0.492 e. The SMILES string of the molecule is Cc1ccccc1-c1nc(CSc2nnc(CCCOc3ccc(Cl)cc3Cl)n2C)cs1. The van der Waals surface area contributed by atoms with Gasteiger partial charge in [0.15, 0.2) is 5.16 Å². The van der Waals surface area contributed by atoms with Crippen LogP contribution in [0.1, 0.15) is 23.5 Å². The number of rotatable bonds is 9. The molecule has 0 N–H and O–H groups in total. The number of thioether (sulfide) groups is 1. The maximum Gasteiger partial charge on any atom is 0.191 e. The number of hydrogen-bond donors (Lipinski definition) is 0. The van der Waals surface area contributed by atoms with E-state index < -0.39 is 0 Å². The third kappa shape index (κ3) is 5.64. The van der Waals surface area contributed by atoms with Crippen LogP contribution in [0.4, 0.5) is 0 Å². The standard InChI is InChI=1S/C23H22Cl2N4OS2/c1-15-6-3-4-7-18(15)22-26-17(13-31-22)14-32-23-28-27-21(29(23)2)8-5-11-30-20-10-9-16(24)12-19(20)25/h3-4,6-7,9-10,12-13H,5,8,11,14H2,1-2H3. The minimum atomic E-state index is 0.516. The van der Waals surface area contributed by atoms with Gasteiger partial charge in [-0.1, -0.05) is 59.2 Å². The Bertz CT molecular complexity index is 1210. The van der Waals surface area contributed by atoms with Crippen molar-refractivity contribution in [2.45, 2.75) is 30.7 Å². The van der Waals surface area contributed by atoms with Crippen LogP contribution in [-0.2, 0) is 19.2 Å². The number of nitrogens with zero attached hydrogens (tertiary/aromatic N) is 4. The number of aromatic nitrogens is 4. The van der Waals surface area contributed by atoms with Crippen molar-refractivity contribution in [3.63, 3.8) is 0 Å². The van der Waals surface area contributed by atoms with Crippen LogP contribution in [0.3, 0.4) is 0 Å². The molecule has 2 heterocycles. The summed E-state index contributed by atoms with van der Waals surface area (Å²) < 4.78 is 7.79. The average molecular weight is 505 g/mol. The molecule has 0 atom stereocenters. The molecule has 0 unspecified atom stereocenters. The summed E-state index contributed by atoms with van der Waals surface area (Å²) in [6.07, 6.45) is 1.57. The minimum absolute atomic E-state index is 0.516. The molecule has 0 radical (unpaired) electrons. The highest BCUT2D eigenvalue weighted by atomic mass is 35.5. The molecule has 2 aromatic carbocycles. The first-order valence-electron chi connectivity index (χ1n) is 10.1. The van der Waals surface area contributed by atoms with E-state index >= 15 is 0 Å². The van der Waals surface area contributed by atoms with E-state index in [0.717, 1.165) is 40.3 Å². The lowest BCUT2D eigenvalue weighted by molar-refractivity contribution is 0.309. The molecule has 0 bridgehead atoms. The van der Waals surface area contributed by atoms with Gasteiger partial charge in [0.05, 0.1) is 17.3 Å². The zero-order valence-corrected chi connectivity index (χ0v) is 20.9. The third-order valence-corrected chi connectivity index (χ3v) is 7.41. The summed E-state index contributed by atoms with van der Waals surface area (Å²) in [6, 6.07) is 13.6. The van der Waals surface area contributed by atoms with Crippen molar-refractivity contribution >= 4 is 46.3 Å². The van der Waals surface area contributed by atoms with Crippen LogP contribution in [0.5, 0.6) is 5.75 Å². The van der Waals surface area contributed by atoms with Gasteiger partial charge >= 0.3 is 0 Å². The second kappa shape index (κ2) is 10.7. The van der Waals surface area contributed by atoms with Crippen molar-refractivity contribution in [3.05, 3.63) is 75.0 Å². The van der Waals surface area contributed by atoms with Crippen LogP contribution >= 0.6 is 46.3 Å². The molecule has 4 rings (SSSR count). The Hall–Kier alpha value is -2.06. The molecule has 0 fully saturated rings. The van der Waals surface area contributed by atoms with E-state index in [1.165, 1.54) is 11.1 Å². The predicted octanol–water partition coefficient (Wildman–Crippen LogP) is 6.86.